The third kappa shape index (κ3) is 2.92. The van der Waals surface area contributed by atoms with Crippen LogP contribution in [0.1, 0.15) is 35.7 Å². The third-order valence-electron chi connectivity index (χ3n) is 3.52. The zero-order chi connectivity index (χ0) is 14.2. The minimum absolute atomic E-state index is 0.0256. The molecule has 1 unspecified atom stereocenters. The fourth-order valence-corrected chi connectivity index (χ4v) is 3.25. The second-order valence-corrected chi connectivity index (χ2v) is 7.47. The van der Waals surface area contributed by atoms with Gasteiger partial charge in [0.15, 0.2) is 0 Å². The molecule has 0 saturated carbocycles. The second-order valence-electron chi connectivity index (χ2n) is 4.90. The molecule has 0 aliphatic carbocycles. The van der Waals surface area contributed by atoms with Crippen molar-refractivity contribution in [3.63, 3.8) is 0 Å². The van der Waals surface area contributed by atoms with Gasteiger partial charge in [-0.3, -0.25) is 4.79 Å². The Morgan fingerprint density at radius 1 is 1.42 bits per heavy atom. The van der Waals surface area contributed by atoms with Crippen molar-refractivity contribution in [2.45, 2.75) is 37.6 Å². The van der Waals surface area contributed by atoms with Crippen LogP contribution in [0.15, 0.2) is 23.1 Å². The van der Waals surface area contributed by atoms with E-state index >= 15 is 0 Å². The summed E-state index contributed by atoms with van der Waals surface area (Å²) in [4.78, 5) is 14.2. The number of hydrogen-bond donors (Lipinski definition) is 0. The molecule has 1 aromatic carbocycles. The SMILES string of the molecule is Cc1cc(S(=O)(=O)Cl)ccc1C(=O)N1CCCC1C. The smallest absolute Gasteiger partial charge is 0.261 e. The summed E-state index contributed by atoms with van der Waals surface area (Å²) in [5.41, 5.74) is 1.17. The first kappa shape index (κ1) is 14.3. The summed E-state index contributed by atoms with van der Waals surface area (Å²) in [6, 6.07) is 4.60. The fraction of sp³-hybridized carbons (Fsp3) is 0.462. The summed E-state index contributed by atoms with van der Waals surface area (Å²) in [5, 5.41) is 0. The van der Waals surface area contributed by atoms with Gasteiger partial charge in [0.25, 0.3) is 15.0 Å². The van der Waals surface area contributed by atoms with Crippen molar-refractivity contribution < 1.29 is 13.2 Å². The Bertz CT molecular complexity index is 612. The van der Waals surface area contributed by atoms with Crippen molar-refractivity contribution in [1.29, 1.82) is 0 Å². The van der Waals surface area contributed by atoms with E-state index in [9.17, 15) is 13.2 Å². The normalized spacial score (nSPS) is 19.7. The minimum Gasteiger partial charge on any atom is -0.336 e. The van der Waals surface area contributed by atoms with E-state index in [0.29, 0.717) is 11.1 Å². The lowest BCUT2D eigenvalue weighted by molar-refractivity contribution is 0.0746. The van der Waals surface area contributed by atoms with Crippen molar-refractivity contribution in [3.05, 3.63) is 29.3 Å². The van der Waals surface area contributed by atoms with E-state index in [2.05, 4.69) is 0 Å². The number of carbonyl (C=O) groups is 1. The highest BCUT2D eigenvalue weighted by Gasteiger charge is 2.27. The van der Waals surface area contributed by atoms with E-state index in [-0.39, 0.29) is 16.8 Å². The Morgan fingerprint density at radius 3 is 2.58 bits per heavy atom. The molecule has 0 radical (unpaired) electrons. The zero-order valence-electron chi connectivity index (χ0n) is 10.9. The van der Waals surface area contributed by atoms with Crippen LogP contribution in [-0.2, 0) is 9.05 Å². The standard InChI is InChI=1S/C13H16ClNO3S/c1-9-8-11(19(14,17)18)5-6-12(9)13(16)15-7-3-4-10(15)2/h5-6,8,10H,3-4,7H2,1-2H3. The molecule has 0 aromatic heterocycles. The van der Waals surface area contributed by atoms with Crippen LogP contribution in [0.3, 0.4) is 0 Å². The molecule has 1 aromatic rings. The lowest BCUT2D eigenvalue weighted by atomic mass is 10.1. The second kappa shape index (κ2) is 5.13. The van der Waals surface area contributed by atoms with E-state index in [1.54, 1.807) is 6.92 Å². The van der Waals surface area contributed by atoms with Gasteiger partial charge in [0, 0.05) is 28.8 Å². The van der Waals surface area contributed by atoms with Crippen molar-refractivity contribution in [3.8, 4) is 0 Å². The lowest BCUT2D eigenvalue weighted by Gasteiger charge is -2.22. The van der Waals surface area contributed by atoms with Crippen LogP contribution < -0.4 is 0 Å². The molecule has 1 atom stereocenters. The van der Waals surface area contributed by atoms with Gasteiger partial charge < -0.3 is 4.90 Å². The quantitative estimate of drug-likeness (QED) is 0.789. The molecule has 0 spiro atoms. The Labute approximate surface area is 117 Å². The first-order valence-electron chi connectivity index (χ1n) is 6.17. The minimum atomic E-state index is -3.75. The van der Waals surface area contributed by atoms with Gasteiger partial charge in [-0.05, 0) is 50.5 Å². The molecule has 1 heterocycles. The molecular formula is C13H16ClNO3S. The molecule has 4 nitrogen and oxygen atoms in total. The molecule has 1 amide bonds. The number of amides is 1. The Morgan fingerprint density at radius 2 is 2.11 bits per heavy atom. The summed E-state index contributed by atoms with van der Waals surface area (Å²) >= 11 is 0. The van der Waals surface area contributed by atoms with Gasteiger partial charge >= 0.3 is 0 Å². The maximum absolute atomic E-state index is 12.4. The van der Waals surface area contributed by atoms with Crippen molar-refractivity contribution >= 4 is 25.6 Å². The van der Waals surface area contributed by atoms with Crippen LogP contribution in [0.5, 0.6) is 0 Å². The zero-order valence-corrected chi connectivity index (χ0v) is 12.5. The molecule has 1 saturated heterocycles. The van der Waals surface area contributed by atoms with Crippen LogP contribution in [0.25, 0.3) is 0 Å². The Kier molecular flexibility index (Phi) is 3.87. The summed E-state index contributed by atoms with van der Waals surface area (Å²) in [5.74, 6) is -0.0407. The third-order valence-corrected chi connectivity index (χ3v) is 4.88. The van der Waals surface area contributed by atoms with E-state index < -0.39 is 9.05 Å². The van der Waals surface area contributed by atoms with E-state index in [0.717, 1.165) is 19.4 Å². The average molecular weight is 302 g/mol. The molecule has 104 valence electrons. The highest BCUT2D eigenvalue weighted by atomic mass is 35.7. The van der Waals surface area contributed by atoms with Crippen molar-refractivity contribution in [2.24, 2.45) is 0 Å². The Balaban J connectivity index is 2.34. The average Bonchev–Trinajstić information content (AvgIpc) is 2.73. The number of aryl methyl sites for hydroxylation is 1. The molecule has 1 fully saturated rings. The number of halogens is 1. The lowest BCUT2D eigenvalue weighted by Crippen LogP contribution is -2.34. The molecule has 1 aliphatic heterocycles. The Hall–Kier alpha value is -1.07. The number of carbonyl (C=O) groups excluding carboxylic acids is 1. The van der Waals surface area contributed by atoms with Crippen LogP contribution in [0, 0.1) is 6.92 Å². The van der Waals surface area contributed by atoms with Crippen LogP contribution in [-0.4, -0.2) is 31.8 Å². The summed E-state index contributed by atoms with van der Waals surface area (Å²) in [6.45, 7) is 4.51. The van der Waals surface area contributed by atoms with Gasteiger partial charge in [0.1, 0.15) is 0 Å². The molecule has 0 bridgehead atoms. The monoisotopic (exact) mass is 301 g/mol. The van der Waals surface area contributed by atoms with Gasteiger partial charge in [-0.15, -0.1) is 0 Å². The summed E-state index contributed by atoms with van der Waals surface area (Å²) < 4.78 is 22.5. The topological polar surface area (TPSA) is 54.5 Å². The van der Waals surface area contributed by atoms with Crippen LogP contribution in [0.2, 0.25) is 0 Å². The number of hydrogen-bond acceptors (Lipinski definition) is 3. The van der Waals surface area contributed by atoms with Crippen molar-refractivity contribution in [2.75, 3.05) is 6.54 Å². The highest BCUT2D eigenvalue weighted by Crippen LogP contribution is 2.23. The number of rotatable bonds is 2. The molecule has 0 N–H and O–H groups in total. The summed E-state index contributed by atoms with van der Waals surface area (Å²) in [7, 11) is 1.54. The molecule has 1 aliphatic rings. The molecule has 2 rings (SSSR count). The predicted octanol–water partition coefficient (Wildman–Crippen LogP) is 2.55. The first-order valence-corrected chi connectivity index (χ1v) is 8.48. The van der Waals surface area contributed by atoms with Gasteiger partial charge in [-0.2, -0.15) is 0 Å². The van der Waals surface area contributed by atoms with Crippen LogP contribution in [0.4, 0.5) is 0 Å². The number of nitrogens with zero attached hydrogens (tertiary/aromatic N) is 1. The fourth-order valence-electron chi connectivity index (χ4n) is 2.42. The van der Waals surface area contributed by atoms with E-state index in [4.69, 9.17) is 10.7 Å². The van der Waals surface area contributed by atoms with Gasteiger partial charge in [0.05, 0.1) is 4.90 Å². The van der Waals surface area contributed by atoms with E-state index in [1.165, 1.54) is 18.2 Å². The molecule has 19 heavy (non-hydrogen) atoms. The number of benzene rings is 1. The summed E-state index contributed by atoms with van der Waals surface area (Å²) in [6.07, 6.45) is 2.03. The highest BCUT2D eigenvalue weighted by molar-refractivity contribution is 8.13. The number of likely N-dealkylation sites (tertiary alicyclic amines) is 1. The largest absolute Gasteiger partial charge is 0.336 e. The molecule has 6 heteroatoms. The van der Waals surface area contributed by atoms with Gasteiger partial charge in [-0.1, -0.05) is 0 Å². The van der Waals surface area contributed by atoms with Crippen molar-refractivity contribution in [1.82, 2.24) is 4.90 Å². The maximum Gasteiger partial charge on any atom is 0.261 e. The van der Waals surface area contributed by atoms with Crippen LogP contribution >= 0.6 is 10.7 Å². The molecular weight excluding hydrogens is 286 g/mol. The maximum atomic E-state index is 12.4. The predicted molar refractivity (Wildman–Crippen MR) is 74.0 cm³/mol. The van der Waals surface area contributed by atoms with Gasteiger partial charge in [0.2, 0.25) is 0 Å². The van der Waals surface area contributed by atoms with E-state index in [1.807, 2.05) is 11.8 Å². The first-order chi connectivity index (χ1) is 8.80. The van der Waals surface area contributed by atoms with Gasteiger partial charge in [-0.25, -0.2) is 8.42 Å².